The molecule has 0 aliphatic heterocycles. The Bertz CT molecular complexity index is 765. The van der Waals surface area contributed by atoms with E-state index in [1.165, 1.54) is 25.3 Å². The Morgan fingerprint density at radius 3 is 2.00 bits per heavy atom. The molecule has 0 bridgehead atoms. The van der Waals surface area contributed by atoms with Crippen molar-refractivity contribution >= 4 is 21.9 Å². The number of hydrogen-bond donors (Lipinski definition) is 0. The zero-order valence-corrected chi connectivity index (χ0v) is 12.8. The van der Waals surface area contributed by atoms with Crippen LogP contribution < -0.4 is 9.47 Å². The van der Waals surface area contributed by atoms with Gasteiger partial charge in [-0.15, -0.1) is 0 Å². The van der Waals surface area contributed by atoms with Gasteiger partial charge in [-0.1, -0.05) is 15.9 Å². The molecular weight excluding hydrogens is 391 g/mol. The Kier molecular flexibility index (Phi) is 4.88. The number of rotatable bonds is 3. The maximum atomic E-state index is 13.5. The summed E-state index contributed by atoms with van der Waals surface area (Å²) in [6.07, 6.45) is 0. The number of halogens is 6. The highest BCUT2D eigenvalue weighted by molar-refractivity contribution is 9.10. The smallest absolute Gasteiger partial charge is 0.347 e. The van der Waals surface area contributed by atoms with E-state index in [1.807, 2.05) is 0 Å². The van der Waals surface area contributed by atoms with Crippen LogP contribution in [0.25, 0.3) is 0 Å². The highest BCUT2D eigenvalue weighted by Crippen LogP contribution is 2.31. The minimum Gasteiger partial charge on any atom is -0.496 e. The predicted octanol–water partition coefficient (Wildman–Crippen LogP) is 4.37. The number of carbonyl (C=O) groups excluding carboxylic acids is 1. The van der Waals surface area contributed by atoms with Gasteiger partial charge in [-0.2, -0.15) is 8.78 Å². The number of esters is 1. The topological polar surface area (TPSA) is 35.5 Å². The largest absolute Gasteiger partial charge is 0.496 e. The second-order valence-electron chi connectivity index (χ2n) is 4.13. The Morgan fingerprint density at radius 1 is 0.957 bits per heavy atom. The average molecular weight is 397 g/mol. The van der Waals surface area contributed by atoms with Crippen LogP contribution in [0.4, 0.5) is 22.0 Å². The number of hydrogen-bond acceptors (Lipinski definition) is 3. The summed E-state index contributed by atoms with van der Waals surface area (Å²) in [6.45, 7) is 0. The van der Waals surface area contributed by atoms with Crippen LogP contribution in [0.5, 0.6) is 11.5 Å². The standard InChI is InChI=1S/C14H6BrF5O3/c1-22-7-3-2-5(15)4-6(7)14(21)23-13-11(19)9(17)8(16)10(18)12(13)20/h2-4H,1H3. The molecule has 0 atom stereocenters. The lowest BCUT2D eigenvalue weighted by molar-refractivity contribution is 0.0712. The third-order valence-corrected chi connectivity index (χ3v) is 3.24. The van der Waals surface area contributed by atoms with Crippen molar-refractivity contribution in [3.63, 3.8) is 0 Å². The first-order chi connectivity index (χ1) is 10.8. The lowest BCUT2D eigenvalue weighted by atomic mass is 10.2. The number of carbonyl (C=O) groups is 1. The Balaban J connectivity index is 2.48. The van der Waals surface area contributed by atoms with Gasteiger partial charge in [0.05, 0.1) is 7.11 Å². The van der Waals surface area contributed by atoms with E-state index in [4.69, 9.17) is 4.74 Å². The van der Waals surface area contributed by atoms with Crippen LogP contribution >= 0.6 is 15.9 Å². The molecular formula is C14H6BrF5O3. The van der Waals surface area contributed by atoms with Crippen LogP contribution in [-0.4, -0.2) is 13.1 Å². The first kappa shape index (κ1) is 17.2. The molecule has 0 aliphatic rings. The fraction of sp³-hybridized carbons (Fsp3) is 0.0714. The van der Waals surface area contributed by atoms with Crippen LogP contribution in [0, 0.1) is 29.1 Å². The highest BCUT2D eigenvalue weighted by Gasteiger charge is 2.29. The zero-order valence-electron chi connectivity index (χ0n) is 11.2. The lowest BCUT2D eigenvalue weighted by Gasteiger charge is -2.11. The molecule has 0 heterocycles. The van der Waals surface area contributed by atoms with Crippen LogP contribution in [-0.2, 0) is 0 Å². The van der Waals surface area contributed by atoms with Gasteiger partial charge in [-0.25, -0.2) is 18.0 Å². The van der Waals surface area contributed by atoms with Gasteiger partial charge in [-0.05, 0) is 18.2 Å². The minimum atomic E-state index is -2.35. The molecule has 23 heavy (non-hydrogen) atoms. The molecule has 2 aromatic carbocycles. The van der Waals surface area contributed by atoms with E-state index in [-0.39, 0.29) is 11.3 Å². The molecule has 122 valence electrons. The zero-order chi connectivity index (χ0) is 17.3. The summed E-state index contributed by atoms with van der Waals surface area (Å²) in [7, 11) is 1.22. The van der Waals surface area contributed by atoms with E-state index in [0.717, 1.165) is 0 Å². The molecule has 2 aromatic rings. The van der Waals surface area contributed by atoms with Crippen LogP contribution in [0.3, 0.4) is 0 Å². The number of benzene rings is 2. The molecule has 0 aromatic heterocycles. The number of methoxy groups -OCH3 is 1. The van der Waals surface area contributed by atoms with Gasteiger partial charge in [0.15, 0.2) is 0 Å². The van der Waals surface area contributed by atoms with Crippen LogP contribution in [0.1, 0.15) is 10.4 Å². The van der Waals surface area contributed by atoms with Gasteiger partial charge in [0.25, 0.3) is 0 Å². The second kappa shape index (κ2) is 6.53. The second-order valence-corrected chi connectivity index (χ2v) is 5.05. The summed E-state index contributed by atoms with van der Waals surface area (Å²) in [5.74, 6) is -14.3. The van der Waals surface area contributed by atoms with Crippen molar-refractivity contribution in [3.05, 3.63) is 57.3 Å². The summed E-state index contributed by atoms with van der Waals surface area (Å²) in [5, 5.41) is 0. The fourth-order valence-corrected chi connectivity index (χ4v) is 2.02. The third-order valence-electron chi connectivity index (χ3n) is 2.75. The normalized spacial score (nSPS) is 10.6. The van der Waals surface area contributed by atoms with Crippen LogP contribution in [0.15, 0.2) is 22.7 Å². The van der Waals surface area contributed by atoms with Crippen molar-refractivity contribution in [2.24, 2.45) is 0 Å². The van der Waals surface area contributed by atoms with Gasteiger partial charge in [0, 0.05) is 4.47 Å². The van der Waals surface area contributed by atoms with Crippen molar-refractivity contribution in [2.45, 2.75) is 0 Å². The molecule has 0 unspecified atom stereocenters. The van der Waals surface area contributed by atoms with E-state index in [2.05, 4.69) is 20.7 Å². The molecule has 3 nitrogen and oxygen atoms in total. The molecule has 0 radical (unpaired) electrons. The van der Waals surface area contributed by atoms with Gasteiger partial charge < -0.3 is 9.47 Å². The molecule has 2 rings (SSSR count). The Labute approximate surface area is 134 Å². The molecule has 0 aliphatic carbocycles. The average Bonchev–Trinajstić information content (AvgIpc) is 2.54. The molecule has 0 saturated heterocycles. The van der Waals surface area contributed by atoms with E-state index in [0.29, 0.717) is 4.47 Å². The highest BCUT2D eigenvalue weighted by atomic mass is 79.9. The van der Waals surface area contributed by atoms with Gasteiger partial charge in [-0.3, -0.25) is 0 Å². The first-order valence-corrected chi connectivity index (χ1v) is 6.64. The number of ether oxygens (including phenoxy) is 2. The third kappa shape index (κ3) is 3.14. The summed E-state index contributed by atoms with van der Waals surface area (Å²) >= 11 is 3.06. The van der Waals surface area contributed by atoms with Crippen LogP contribution in [0.2, 0.25) is 0 Å². The van der Waals surface area contributed by atoms with Gasteiger partial charge in [0.2, 0.25) is 34.8 Å². The molecule has 0 spiro atoms. The van der Waals surface area contributed by atoms with E-state index < -0.39 is 40.8 Å². The van der Waals surface area contributed by atoms with E-state index in [9.17, 15) is 26.7 Å². The lowest BCUT2D eigenvalue weighted by Crippen LogP contribution is -2.14. The molecule has 0 N–H and O–H groups in total. The van der Waals surface area contributed by atoms with Crippen molar-refractivity contribution < 1.29 is 36.2 Å². The predicted molar refractivity (Wildman–Crippen MR) is 71.9 cm³/mol. The molecule has 0 saturated carbocycles. The van der Waals surface area contributed by atoms with E-state index in [1.54, 1.807) is 0 Å². The minimum absolute atomic E-state index is 0.0120. The molecule has 0 amide bonds. The van der Waals surface area contributed by atoms with Crippen molar-refractivity contribution in [2.75, 3.05) is 7.11 Å². The maximum Gasteiger partial charge on any atom is 0.347 e. The first-order valence-electron chi connectivity index (χ1n) is 5.85. The van der Waals surface area contributed by atoms with Crippen molar-refractivity contribution in [3.8, 4) is 11.5 Å². The SMILES string of the molecule is COc1ccc(Br)cc1C(=O)Oc1c(F)c(F)c(F)c(F)c1F. The maximum absolute atomic E-state index is 13.5. The molecule has 9 heteroatoms. The van der Waals surface area contributed by atoms with Crippen molar-refractivity contribution in [1.82, 2.24) is 0 Å². The Morgan fingerprint density at radius 2 is 1.48 bits per heavy atom. The van der Waals surface area contributed by atoms with Gasteiger partial charge >= 0.3 is 5.97 Å². The Hall–Kier alpha value is -2.16. The summed E-state index contributed by atoms with van der Waals surface area (Å²) < 4.78 is 75.7. The fourth-order valence-electron chi connectivity index (χ4n) is 1.66. The molecule has 0 fully saturated rings. The monoisotopic (exact) mass is 396 g/mol. The quantitative estimate of drug-likeness (QED) is 0.254. The van der Waals surface area contributed by atoms with Crippen molar-refractivity contribution in [1.29, 1.82) is 0 Å². The summed E-state index contributed by atoms with van der Waals surface area (Å²) in [6, 6.07) is 4.06. The summed E-state index contributed by atoms with van der Waals surface area (Å²) in [5.41, 5.74) is -0.272. The van der Waals surface area contributed by atoms with Gasteiger partial charge in [0.1, 0.15) is 11.3 Å². The summed E-state index contributed by atoms with van der Waals surface area (Å²) in [4.78, 5) is 12.0. The van der Waals surface area contributed by atoms with E-state index >= 15 is 0 Å².